The lowest BCUT2D eigenvalue weighted by atomic mass is 10.3. The van der Waals surface area contributed by atoms with Crippen molar-refractivity contribution in [3.8, 4) is 5.69 Å². The minimum atomic E-state index is -2.48. The average molecular weight is 288 g/mol. The van der Waals surface area contributed by atoms with Crippen LogP contribution in [0.5, 0.6) is 0 Å². The molecule has 1 heterocycles. The smallest absolute Gasteiger partial charge is 0.255 e. The standard InChI is InChI=1S/C11H12ClF2N5/c12-6-7-18(8-10(13)14)11-15-16-17-19(11)9-4-2-1-3-5-9/h1-5,10H,6-8H2. The van der Waals surface area contributed by atoms with E-state index in [2.05, 4.69) is 15.5 Å². The van der Waals surface area contributed by atoms with Crippen LogP contribution in [0.4, 0.5) is 14.7 Å². The maximum absolute atomic E-state index is 12.6. The SMILES string of the molecule is FC(F)CN(CCCl)c1nnnn1-c1ccccc1. The third kappa shape index (κ3) is 3.37. The number of aromatic nitrogens is 4. The number of benzene rings is 1. The molecule has 0 aliphatic carbocycles. The van der Waals surface area contributed by atoms with Crippen LogP contribution in [0.1, 0.15) is 0 Å². The van der Waals surface area contributed by atoms with E-state index in [1.165, 1.54) is 9.58 Å². The highest BCUT2D eigenvalue weighted by Crippen LogP contribution is 2.16. The number of nitrogens with zero attached hydrogens (tertiary/aromatic N) is 5. The van der Waals surface area contributed by atoms with Crippen molar-refractivity contribution in [1.82, 2.24) is 20.2 Å². The summed E-state index contributed by atoms with van der Waals surface area (Å²) in [6, 6.07) is 9.07. The maximum atomic E-state index is 12.6. The van der Waals surface area contributed by atoms with E-state index >= 15 is 0 Å². The molecule has 8 heteroatoms. The Morgan fingerprint density at radius 2 is 2.00 bits per heavy atom. The van der Waals surface area contributed by atoms with Gasteiger partial charge in [0.25, 0.3) is 12.4 Å². The Balaban J connectivity index is 2.31. The van der Waals surface area contributed by atoms with Crippen LogP contribution in [0.3, 0.4) is 0 Å². The molecule has 0 N–H and O–H groups in total. The van der Waals surface area contributed by atoms with Gasteiger partial charge in [-0.2, -0.15) is 4.68 Å². The molecule has 0 radical (unpaired) electrons. The van der Waals surface area contributed by atoms with Gasteiger partial charge >= 0.3 is 0 Å². The number of rotatable bonds is 6. The second-order valence-corrected chi connectivity index (χ2v) is 4.13. The number of hydrogen-bond acceptors (Lipinski definition) is 4. The van der Waals surface area contributed by atoms with E-state index in [1.807, 2.05) is 18.2 Å². The Hall–Kier alpha value is -1.76. The van der Waals surface area contributed by atoms with Crippen molar-refractivity contribution >= 4 is 17.5 Å². The van der Waals surface area contributed by atoms with Crippen LogP contribution >= 0.6 is 11.6 Å². The highest BCUT2D eigenvalue weighted by atomic mass is 35.5. The van der Waals surface area contributed by atoms with Crippen molar-refractivity contribution < 1.29 is 8.78 Å². The summed E-state index contributed by atoms with van der Waals surface area (Å²) in [5.41, 5.74) is 0.705. The summed E-state index contributed by atoms with van der Waals surface area (Å²) in [6.07, 6.45) is -2.48. The van der Waals surface area contributed by atoms with E-state index < -0.39 is 13.0 Å². The Kier molecular flexibility index (Phi) is 4.62. The highest BCUT2D eigenvalue weighted by Gasteiger charge is 2.19. The molecule has 0 aliphatic heterocycles. The molecule has 102 valence electrons. The molecule has 1 aromatic carbocycles. The monoisotopic (exact) mass is 287 g/mol. The predicted octanol–water partition coefficient (Wildman–Crippen LogP) is 1.97. The molecule has 0 saturated carbocycles. The molecule has 19 heavy (non-hydrogen) atoms. The van der Waals surface area contributed by atoms with E-state index in [-0.39, 0.29) is 18.4 Å². The van der Waals surface area contributed by atoms with Crippen molar-refractivity contribution in [2.75, 3.05) is 23.9 Å². The van der Waals surface area contributed by atoms with E-state index in [0.717, 1.165) is 0 Å². The maximum Gasteiger partial charge on any atom is 0.255 e. The van der Waals surface area contributed by atoms with Gasteiger partial charge in [-0.1, -0.05) is 23.3 Å². The Morgan fingerprint density at radius 1 is 1.26 bits per heavy atom. The first kappa shape index (κ1) is 13.7. The van der Waals surface area contributed by atoms with Gasteiger partial charge in [0.2, 0.25) is 0 Å². The lowest BCUT2D eigenvalue weighted by Crippen LogP contribution is -2.33. The molecule has 0 saturated heterocycles. The number of para-hydroxylation sites is 1. The van der Waals surface area contributed by atoms with Gasteiger partial charge in [-0.05, 0) is 22.6 Å². The van der Waals surface area contributed by atoms with Gasteiger partial charge in [0.15, 0.2) is 0 Å². The summed E-state index contributed by atoms with van der Waals surface area (Å²) in [5.74, 6) is 0.473. The zero-order chi connectivity index (χ0) is 13.7. The summed E-state index contributed by atoms with van der Waals surface area (Å²) in [4.78, 5) is 1.37. The van der Waals surface area contributed by atoms with E-state index in [1.54, 1.807) is 12.1 Å². The number of hydrogen-bond donors (Lipinski definition) is 0. The number of halogens is 3. The topological polar surface area (TPSA) is 46.8 Å². The number of anilines is 1. The fraction of sp³-hybridized carbons (Fsp3) is 0.364. The zero-order valence-corrected chi connectivity index (χ0v) is 10.7. The van der Waals surface area contributed by atoms with Crippen LogP contribution in [0.25, 0.3) is 5.69 Å². The van der Waals surface area contributed by atoms with Gasteiger partial charge in [-0.3, -0.25) is 0 Å². The van der Waals surface area contributed by atoms with Crippen LogP contribution in [0.2, 0.25) is 0 Å². The molecule has 5 nitrogen and oxygen atoms in total. The first-order valence-corrected chi connectivity index (χ1v) is 6.18. The second-order valence-electron chi connectivity index (χ2n) is 3.75. The number of tetrazole rings is 1. The quantitative estimate of drug-likeness (QED) is 0.762. The molecule has 0 fully saturated rings. The molecule has 1 aromatic heterocycles. The van der Waals surface area contributed by atoms with Crippen LogP contribution in [0, 0.1) is 0 Å². The lowest BCUT2D eigenvalue weighted by molar-refractivity contribution is 0.154. The molecule has 2 rings (SSSR count). The first-order valence-electron chi connectivity index (χ1n) is 5.65. The van der Waals surface area contributed by atoms with Gasteiger partial charge in [-0.15, -0.1) is 11.6 Å². The van der Waals surface area contributed by atoms with Crippen molar-refractivity contribution in [3.63, 3.8) is 0 Å². The fourth-order valence-electron chi connectivity index (χ4n) is 1.66. The average Bonchev–Trinajstić information content (AvgIpc) is 2.88. The predicted molar refractivity (Wildman–Crippen MR) is 68.1 cm³/mol. The van der Waals surface area contributed by atoms with E-state index in [4.69, 9.17) is 11.6 Å². The molecule has 0 amide bonds. The van der Waals surface area contributed by atoms with Crippen molar-refractivity contribution in [1.29, 1.82) is 0 Å². The fourth-order valence-corrected chi connectivity index (χ4v) is 1.86. The third-order valence-electron chi connectivity index (χ3n) is 2.45. The largest absolute Gasteiger partial charge is 0.332 e. The van der Waals surface area contributed by atoms with E-state index in [9.17, 15) is 8.78 Å². The third-order valence-corrected chi connectivity index (χ3v) is 2.62. The highest BCUT2D eigenvalue weighted by molar-refractivity contribution is 6.18. The molecule has 0 spiro atoms. The molecule has 0 aliphatic rings. The van der Waals surface area contributed by atoms with Gasteiger partial charge < -0.3 is 4.90 Å². The van der Waals surface area contributed by atoms with E-state index in [0.29, 0.717) is 5.69 Å². The van der Waals surface area contributed by atoms with Gasteiger partial charge in [-0.25, -0.2) is 8.78 Å². The van der Waals surface area contributed by atoms with Gasteiger partial charge in [0, 0.05) is 12.4 Å². The molecule has 0 bridgehead atoms. The Labute approximate surface area is 113 Å². The summed E-state index contributed by atoms with van der Waals surface area (Å²) in [6.45, 7) is -0.209. The van der Waals surface area contributed by atoms with Crippen LogP contribution in [-0.4, -0.2) is 45.6 Å². The summed E-state index contributed by atoms with van der Waals surface area (Å²) >= 11 is 5.63. The molecule has 0 unspecified atom stereocenters. The molecular weight excluding hydrogens is 276 g/mol. The van der Waals surface area contributed by atoms with Crippen LogP contribution in [0.15, 0.2) is 30.3 Å². The van der Waals surface area contributed by atoms with Crippen molar-refractivity contribution in [2.24, 2.45) is 0 Å². The summed E-state index contributed by atoms with van der Waals surface area (Å²) in [7, 11) is 0. The molecule has 2 aromatic rings. The molecule has 0 atom stereocenters. The van der Waals surface area contributed by atoms with Gasteiger partial charge in [0.05, 0.1) is 12.2 Å². The van der Waals surface area contributed by atoms with Crippen molar-refractivity contribution in [2.45, 2.75) is 6.43 Å². The summed E-state index contributed by atoms with van der Waals surface area (Å²) in [5, 5.41) is 11.2. The lowest BCUT2D eigenvalue weighted by Gasteiger charge is -2.21. The Bertz CT molecular complexity index is 505. The first-order chi connectivity index (χ1) is 9.22. The van der Waals surface area contributed by atoms with Crippen LogP contribution < -0.4 is 4.90 Å². The zero-order valence-electron chi connectivity index (χ0n) is 9.96. The normalized spacial score (nSPS) is 10.9. The minimum absolute atomic E-state index is 0.217. The minimum Gasteiger partial charge on any atom is -0.332 e. The van der Waals surface area contributed by atoms with Gasteiger partial charge in [0.1, 0.15) is 0 Å². The van der Waals surface area contributed by atoms with Crippen molar-refractivity contribution in [3.05, 3.63) is 30.3 Å². The van der Waals surface area contributed by atoms with Crippen LogP contribution in [-0.2, 0) is 0 Å². The molecular formula is C11H12ClF2N5. The second kappa shape index (κ2) is 6.42. The summed E-state index contributed by atoms with van der Waals surface area (Å²) < 4.78 is 26.6. The number of alkyl halides is 3. The Morgan fingerprint density at radius 3 is 2.63 bits per heavy atom.